The molecule has 1 aromatic heterocycles. The molecule has 0 unspecified atom stereocenters. The summed E-state index contributed by atoms with van der Waals surface area (Å²) in [5.41, 5.74) is 0.829. The van der Waals surface area contributed by atoms with Crippen LogP contribution in [0.15, 0.2) is 17.4 Å². The van der Waals surface area contributed by atoms with E-state index in [4.69, 9.17) is 0 Å². The molecule has 0 saturated carbocycles. The first-order valence-electron chi connectivity index (χ1n) is 6.60. The van der Waals surface area contributed by atoms with Crippen molar-refractivity contribution in [3.63, 3.8) is 0 Å². The van der Waals surface area contributed by atoms with Gasteiger partial charge in [0.15, 0.2) is 5.82 Å². The summed E-state index contributed by atoms with van der Waals surface area (Å²) in [4.78, 5) is 16.3. The summed E-state index contributed by atoms with van der Waals surface area (Å²) in [7, 11) is 4.48. The highest BCUT2D eigenvalue weighted by Crippen LogP contribution is 2.12. The SMILES string of the molecule is CN/C(=C/[N+](=O)[O-])NCC[S@](=O)Cc1csc(CN(C)C)n1. The van der Waals surface area contributed by atoms with Crippen LogP contribution >= 0.6 is 11.3 Å². The molecule has 0 saturated heterocycles. The molecule has 0 spiro atoms. The molecular formula is C12H21N5O3S2. The van der Waals surface area contributed by atoms with Gasteiger partial charge in [-0.1, -0.05) is 0 Å². The van der Waals surface area contributed by atoms with E-state index in [2.05, 4.69) is 15.6 Å². The van der Waals surface area contributed by atoms with Crippen LogP contribution in [-0.4, -0.2) is 52.5 Å². The summed E-state index contributed by atoms with van der Waals surface area (Å²) in [5, 5.41) is 18.8. The minimum Gasteiger partial charge on any atom is -0.370 e. The number of thiazole rings is 1. The zero-order valence-electron chi connectivity index (χ0n) is 12.9. The van der Waals surface area contributed by atoms with Crippen LogP contribution in [0.5, 0.6) is 0 Å². The van der Waals surface area contributed by atoms with Gasteiger partial charge in [-0.05, 0) is 14.1 Å². The highest BCUT2D eigenvalue weighted by atomic mass is 32.2. The Morgan fingerprint density at radius 3 is 2.91 bits per heavy atom. The van der Waals surface area contributed by atoms with Crippen LogP contribution in [0.1, 0.15) is 10.7 Å². The second-order valence-corrected chi connectivity index (χ2v) is 7.28. The van der Waals surface area contributed by atoms with Crippen molar-refractivity contribution in [1.82, 2.24) is 20.5 Å². The number of nitrogens with one attached hydrogen (secondary N) is 2. The Hall–Kier alpha value is -1.52. The summed E-state index contributed by atoms with van der Waals surface area (Å²) in [6.45, 7) is 1.16. The maximum atomic E-state index is 12.0. The van der Waals surface area contributed by atoms with Crippen molar-refractivity contribution in [3.8, 4) is 0 Å². The summed E-state index contributed by atoms with van der Waals surface area (Å²) in [6, 6.07) is 0. The van der Waals surface area contributed by atoms with Crippen LogP contribution in [0.4, 0.5) is 0 Å². The summed E-state index contributed by atoms with van der Waals surface area (Å²) in [6.07, 6.45) is 0.844. The summed E-state index contributed by atoms with van der Waals surface area (Å²) in [5.74, 6) is 1.10. The molecule has 8 nitrogen and oxygen atoms in total. The van der Waals surface area contributed by atoms with E-state index < -0.39 is 15.7 Å². The Kier molecular flexibility index (Phi) is 7.99. The van der Waals surface area contributed by atoms with Gasteiger partial charge in [0.1, 0.15) is 5.01 Å². The Balaban J connectivity index is 2.37. The van der Waals surface area contributed by atoms with Crippen molar-refractivity contribution in [3.05, 3.63) is 38.2 Å². The second kappa shape index (κ2) is 9.49. The Morgan fingerprint density at radius 1 is 1.59 bits per heavy atom. The van der Waals surface area contributed by atoms with Gasteiger partial charge in [0, 0.05) is 42.1 Å². The third kappa shape index (κ3) is 7.48. The highest BCUT2D eigenvalue weighted by Gasteiger charge is 2.08. The minimum absolute atomic E-state index is 0.295. The van der Waals surface area contributed by atoms with Gasteiger partial charge in [-0.15, -0.1) is 11.3 Å². The van der Waals surface area contributed by atoms with Crippen LogP contribution in [-0.2, 0) is 23.1 Å². The largest absolute Gasteiger partial charge is 0.370 e. The number of aromatic nitrogens is 1. The number of rotatable bonds is 10. The fourth-order valence-corrected chi connectivity index (χ4v) is 3.57. The molecule has 22 heavy (non-hydrogen) atoms. The topological polar surface area (TPSA) is 100 Å². The van der Waals surface area contributed by atoms with Crippen LogP contribution in [0, 0.1) is 10.1 Å². The van der Waals surface area contributed by atoms with Crippen molar-refractivity contribution in [2.45, 2.75) is 12.3 Å². The lowest BCUT2D eigenvalue weighted by Crippen LogP contribution is -2.28. The number of hydrogen-bond donors (Lipinski definition) is 2. The normalized spacial score (nSPS) is 13.2. The number of nitro groups is 1. The molecule has 2 N–H and O–H groups in total. The first-order valence-corrected chi connectivity index (χ1v) is 8.97. The molecule has 0 aliphatic heterocycles. The molecule has 0 aliphatic carbocycles. The van der Waals surface area contributed by atoms with E-state index in [9.17, 15) is 14.3 Å². The molecule has 0 amide bonds. The summed E-state index contributed by atoms with van der Waals surface area (Å²) < 4.78 is 12.0. The minimum atomic E-state index is -1.06. The molecule has 0 aromatic carbocycles. The lowest BCUT2D eigenvalue weighted by Gasteiger charge is -2.07. The third-order valence-electron chi connectivity index (χ3n) is 2.51. The lowest BCUT2D eigenvalue weighted by atomic mass is 10.5. The van der Waals surface area contributed by atoms with Crippen molar-refractivity contribution in [2.75, 3.05) is 33.4 Å². The second-order valence-electron chi connectivity index (χ2n) is 4.76. The fourth-order valence-electron chi connectivity index (χ4n) is 1.60. The lowest BCUT2D eigenvalue weighted by molar-refractivity contribution is -0.404. The average Bonchev–Trinajstić information content (AvgIpc) is 2.83. The quantitative estimate of drug-likeness (QED) is 0.465. The van der Waals surface area contributed by atoms with Gasteiger partial charge in [0.25, 0.3) is 6.20 Å². The van der Waals surface area contributed by atoms with Crippen LogP contribution in [0.3, 0.4) is 0 Å². The van der Waals surface area contributed by atoms with E-state index in [0.29, 0.717) is 23.9 Å². The van der Waals surface area contributed by atoms with Gasteiger partial charge in [0.2, 0.25) is 0 Å². The molecule has 0 aliphatic rings. The van der Waals surface area contributed by atoms with E-state index in [1.165, 1.54) is 0 Å². The smallest absolute Gasteiger partial charge is 0.274 e. The Morgan fingerprint density at radius 2 is 2.32 bits per heavy atom. The van der Waals surface area contributed by atoms with E-state index in [1.54, 1.807) is 18.4 Å². The fraction of sp³-hybridized carbons (Fsp3) is 0.583. The molecule has 1 heterocycles. The van der Waals surface area contributed by atoms with Crippen LogP contribution in [0.2, 0.25) is 0 Å². The zero-order chi connectivity index (χ0) is 16.5. The molecule has 1 rings (SSSR count). The Labute approximate surface area is 136 Å². The molecular weight excluding hydrogens is 326 g/mol. The summed E-state index contributed by atoms with van der Waals surface area (Å²) >= 11 is 1.56. The van der Waals surface area contributed by atoms with Crippen molar-refractivity contribution in [1.29, 1.82) is 0 Å². The predicted octanol–water partition coefficient (Wildman–Crippen LogP) is 0.338. The van der Waals surface area contributed by atoms with Crippen LogP contribution < -0.4 is 10.6 Å². The zero-order valence-corrected chi connectivity index (χ0v) is 14.5. The van der Waals surface area contributed by atoms with Gasteiger partial charge >= 0.3 is 0 Å². The number of nitrogens with zero attached hydrogens (tertiary/aromatic N) is 3. The van der Waals surface area contributed by atoms with E-state index >= 15 is 0 Å². The molecule has 0 fully saturated rings. The molecule has 0 radical (unpaired) electrons. The Bertz CT molecular complexity index is 545. The van der Waals surface area contributed by atoms with Crippen molar-refractivity contribution in [2.24, 2.45) is 0 Å². The van der Waals surface area contributed by atoms with Gasteiger partial charge in [-0.3, -0.25) is 14.3 Å². The van der Waals surface area contributed by atoms with E-state index in [0.717, 1.165) is 23.4 Å². The molecule has 1 aromatic rings. The molecule has 0 bridgehead atoms. The molecule has 10 heteroatoms. The molecule has 124 valence electrons. The molecule has 1 atom stereocenters. The van der Waals surface area contributed by atoms with Gasteiger partial charge in [0.05, 0.1) is 16.4 Å². The first-order chi connectivity index (χ1) is 10.4. The highest BCUT2D eigenvalue weighted by molar-refractivity contribution is 7.84. The van der Waals surface area contributed by atoms with Gasteiger partial charge in [-0.25, -0.2) is 4.98 Å². The van der Waals surface area contributed by atoms with Crippen LogP contribution in [0.25, 0.3) is 0 Å². The predicted molar refractivity (Wildman–Crippen MR) is 88.4 cm³/mol. The van der Waals surface area contributed by atoms with Crippen molar-refractivity contribution < 1.29 is 9.13 Å². The standard InChI is InChI=1S/C12H21N5O3S2/c1-13-11(6-17(18)19)14-4-5-22(20)9-10-8-21-12(15-10)7-16(2)3/h6,8,13-14H,4-5,7,9H2,1-3H3/b11-6-/t22-/m0/s1. The van der Waals surface area contributed by atoms with E-state index in [1.807, 2.05) is 24.4 Å². The maximum absolute atomic E-state index is 12.0. The number of hydrogen-bond acceptors (Lipinski definition) is 8. The first kappa shape index (κ1) is 18.5. The van der Waals surface area contributed by atoms with Gasteiger partial charge in [-0.2, -0.15) is 0 Å². The van der Waals surface area contributed by atoms with Crippen molar-refractivity contribution >= 4 is 22.1 Å². The van der Waals surface area contributed by atoms with Gasteiger partial charge < -0.3 is 15.5 Å². The average molecular weight is 347 g/mol. The monoisotopic (exact) mass is 347 g/mol. The maximum Gasteiger partial charge on any atom is 0.274 e. The van der Waals surface area contributed by atoms with E-state index in [-0.39, 0.29) is 0 Å². The third-order valence-corrected chi connectivity index (χ3v) is 4.67.